The number of carbonyl (C=O) groups is 2. The highest BCUT2D eigenvalue weighted by Crippen LogP contribution is 2.37. The molecule has 0 bridgehead atoms. The maximum Gasteiger partial charge on any atom is 0.379 e. The van der Waals surface area contributed by atoms with Crippen LogP contribution in [0.5, 0.6) is 11.5 Å². The molecule has 4 aromatic rings. The number of allylic oxidation sites excluding steroid dienone is 1. The van der Waals surface area contributed by atoms with E-state index in [9.17, 15) is 9.59 Å². The Hall–Kier alpha value is -4.38. The van der Waals surface area contributed by atoms with Gasteiger partial charge in [0.15, 0.2) is 5.76 Å². The monoisotopic (exact) mass is 422 g/mol. The van der Waals surface area contributed by atoms with Gasteiger partial charge in [-0.3, -0.25) is 4.79 Å². The van der Waals surface area contributed by atoms with Crippen LogP contribution in [-0.4, -0.2) is 11.8 Å². The topological polar surface area (TPSA) is 65.7 Å². The number of aryl methyl sites for hydroxylation is 1. The standard InChI is InChI=1S/C27H18O5/c1-17-14-21(31-27(29)22-8-5-13-30-22)16-23-25(17)26(28)24(32-23)15-18-9-11-20(12-10-18)19-6-3-2-4-7-19/h2-16H,1H3/b24-15-. The summed E-state index contributed by atoms with van der Waals surface area (Å²) in [6, 6.07) is 24.3. The summed E-state index contributed by atoms with van der Waals surface area (Å²) in [5, 5.41) is 0. The summed E-state index contributed by atoms with van der Waals surface area (Å²) in [5.74, 6) is 0.152. The maximum absolute atomic E-state index is 12.9. The number of carbonyl (C=O) groups excluding carboxylic acids is 2. The van der Waals surface area contributed by atoms with Gasteiger partial charge in [0.1, 0.15) is 11.5 Å². The lowest BCUT2D eigenvalue weighted by molar-refractivity contribution is 0.0701. The molecule has 5 rings (SSSR count). The SMILES string of the molecule is Cc1cc(OC(=O)c2ccco2)cc2c1C(=O)/C(=C/c1ccc(-c3ccccc3)cc1)O2. The van der Waals surface area contributed by atoms with Crippen LogP contribution in [-0.2, 0) is 0 Å². The zero-order valence-electron chi connectivity index (χ0n) is 17.2. The van der Waals surface area contributed by atoms with Gasteiger partial charge in [0, 0.05) is 6.07 Å². The average Bonchev–Trinajstić information content (AvgIpc) is 3.44. The number of furan rings is 1. The Morgan fingerprint density at radius 3 is 2.38 bits per heavy atom. The second kappa shape index (κ2) is 8.04. The summed E-state index contributed by atoms with van der Waals surface area (Å²) in [6.07, 6.45) is 3.11. The lowest BCUT2D eigenvalue weighted by atomic mass is 10.0. The fourth-order valence-electron chi connectivity index (χ4n) is 3.64. The number of ether oxygens (including phenoxy) is 2. The molecule has 0 fully saturated rings. The smallest absolute Gasteiger partial charge is 0.379 e. The van der Waals surface area contributed by atoms with Gasteiger partial charge < -0.3 is 13.9 Å². The van der Waals surface area contributed by atoms with E-state index in [0.717, 1.165) is 16.7 Å². The molecule has 0 atom stereocenters. The largest absolute Gasteiger partial charge is 0.457 e. The second-order valence-corrected chi connectivity index (χ2v) is 7.41. The summed E-state index contributed by atoms with van der Waals surface area (Å²) in [7, 11) is 0. The molecule has 0 aliphatic carbocycles. The maximum atomic E-state index is 12.9. The third-order valence-corrected chi connectivity index (χ3v) is 5.19. The Balaban J connectivity index is 1.38. The highest BCUT2D eigenvalue weighted by molar-refractivity contribution is 6.15. The number of esters is 1. The highest BCUT2D eigenvalue weighted by atomic mass is 16.5. The van der Waals surface area contributed by atoms with Crippen LogP contribution in [0.25, 0.3) is 17.2 Å². The Labute approximate surface area is 184 Å². The highest BCUT2D eigenvalue weighted by Gasteiger charge is 2.30. The first-order valence-corrected chi connectivity index (χ1v) is 10.1. The van der Waals surface area contributed by atoms with E-state index in [1.165, 1.54) is 12.3 Å². The van der Waals surface area contributed by atoms with Crippen molar-refractivity contribution in [2.45, 2.75) is 6.92 Å². The minimum absolute atomic E-state index is 0.0969. The van der Waals surface area contributed by atoms with Crippen LogP contribution in [0, 0.1) is 6.92 Å². The zero-order chi connectivity index (χ0) is 22.1. The van der Waals surface area contributed by atoms with Crippen molar-refractivity contribution in [3.63, 3.8) is 0 Å². The van der Waals surface area contributed by atoms with Crippen molar-refractivity contribution >= 4 is 17.8 Å². The fraction of sp³-hybridized carbons (Fsp3) is 0.0370. The van der Waals surface area contributed by atoms with Crippen LogP contribution in [0.15, 0.2) is 95.3 Å². The van der Waals surface area contributed by atoms with E-state index in [2.05, 4.69) is 0 Å². The summed E-state index contributed by atoms with van der Waals surface area (Å²) < 4.78 is 16.3. The van der Waals surface area contributed by atoms with Crippen LogP contribution in [0.1, 0.15) is 32.0 Å². The van der Waals surface area contributed by atoms with E-state index in [-0.39, 0.29) is 23.1 Å². The lowest BCUT2D eigenvalue weighted by Gasteiger charge is -2.06. The van der Waals surface area contributed by atoms with Gasteiger partial charge in [0.2, 0.25) is 11.5 Å². The number of ketones is 1. The summed E-state index contributed by atoms with van der Waals surface area (Å²) in [6.45, 7) is 1.78. The normalized spacial score (nSPS) is 13.7. The minimum atomic E-state index is -0.618. The molecule has 0 amide bonds. The van der Waals surface area contributed by atoms with Gasteiger partial charge >= 0.3 is 5.97 Å². The molecule has 32 heavy (non-hydrogen) atoms. The third-order valence-electron chi connectivity index (χ3n) is 5.19. The molecule has 3 aromatic carbocycles. The molecule has 5 heteroatoms. The van der Waals surface area contributed by atoms with Gasteiger partial charge in [-0.15, -0.1) is 0 Å². The van der Waals surface area contributed by atoms with E-state index < -0.39 is 5.97 Å². The summed E-state index contributed by atoms with van der Waals surface area (Å²) >= 11 is 0. The molecule has 1 aliphatic heterocycles. The zero-order valence-corrected chi connectivity index (χ0v) is 17.2. The molecule has 0 unspecified atom stereocenters. The van der Waals surface area contributed by atoms with Crippen molar-refractivity contribution in [1.29, 1.82) is 0 Å². The Kier molecular flexibility index (Phi) is 4.92. The molecule has 0 spiro atoms. The number of rotatable bonds is 4. The number of Topliss-reactive ketones (excluding diaryl/α,β-unsaturated/α-hetero) is 1. The van der Waals surface area contributed by atoms with Crippen LogP contribution in [0.4, 0.5) is 0 Å². The second-order valence-electron chi connectivity index (χ2n) is 7.41. The molecule has 0 radical (unpaired) electrons. The van der Waals surface area contributed by atoms with E-state index in [1.807, 2.05) is 54.6 Å². The first-order valence-electron chi connectivity index (χ1n) is 10.1. The van der Waals surface area contributed by atoms with Crippen molar-refractivity contribution in [3.05, 3.63) is 113 Å². The van der Waals surface area contributed by atoms with Crippen molar-refractivity contribution in [3.8, 4) is 22.6 Å². The van der Waals surface area contributed by atoms with Crippen LogP contribution in [0.3, 0.4) is 0 Å². The molecular weight excluding hydrogens is 404 g/mol. The molecule has 156 valence electrons. The molecule has 0 saturated carbocycles. The first kappa shape index (κ1) is 19.6. The van der Waals surface area contributed by atoms with E-state index in [0.29, 0.717) is 16.9 Å². The molecule has 0 N–H and O–H groups in total. The van der Waals surface area contributed by atoms with Crippen molar-refractivity contribution in [2.24, 2.45) is 0 Å². The molecule has 1 aliphatic rings. The van der Waals surface area contributed by atoms with Gasteiger partial charge in [-0.25, -0.2) is 4.79 Å². The number of fused-ring (bicyclic) bond motifs is 1. The van der Waals surface area contributed by atoms with E-state index in [1.54, 1.807) is 31.2 Å². The molecule has 0 saturated heterocycles. The fourth-order valence-corrected chi connectivity index (χ4v) is 3.64. The number of benzene rings is 3. The Morgan fingerprint density at radius 2 is 1.66 bits per heavy atom. The van der Waals surface area contributed by atoms with Crippen molar-refractivity contribution < 1.29 is 23.5 Å². The van der Waals surface area contributed by atoms with Gasteiger partial charge in [-0.2, -0.15) is 0 Å². The first-order chi connectivity index (χ1) is 15.6. The van der Waals surface area contributed by atoms with Crippen molar-refractivity contribution in [2.75, 3.05) is 0 Å². The van der Waals surface area contributed by atoms with Gasteiger partial charge in [-0.1, -0.05) is 54.6 Å². The molecule has 5 nitrogen and oxygen atoms in total. The van der Waals surface area contributed by atoms with Crippen LogP contribution < -0.4 is 9.47 Å². The summed E-state index contributed by atoms with van der Waals surface area (Å²) in [4.78, 5) is 25.1. The average molecular weight is 422 g/mol. The molecular formula is C27H18O5. The van der Waals surface area contributed by atoms with Crippen LogP contribution >= 0.6 is 0 Å². The minimum Gasteiger partial charge on any atom is -0.457 e. The third kappa shape index (κ3) is 3.72. The van der Waals surface area contributed by atoms with Crippen LogP contribution in [0.2, 0.25) is 0 Å². The Morgan fingerprint density at radius 1 is 0.906 bits per heavy atom. The lowest BCUT2D eigenvalue weighted by Crippen LogP contribution is -2.07. The number of hydrogen-bond donors (Lipinski definition) is 0. The van der Waals surface area contributed by atoms with Gasteiger partial charge in [-0.05, 0) is 53.5 Å². The quantitative estimate of drug-likeness (QED) is 0.226. The summed E-state index contributed by atoms with van der Waals surface area (Å²) in [5.41, 5.74) is 4.20. The predicted octanol–water partition coefficient (Wildman–Crippen LogP) is 6.09. The number of hydrogen-bond acceptors (Lipinski definition) is 5. The van der Waals surface area contributed by atoms with Crippen molar-refractivity contribution in [1.82, 2.24) is 0 Å². The molecule has 2 heterocycles. The van der Waals surface area contributed by atoms with Gasteiger partial charge in [0.25, 0.3) is 0 Å². The molecule has 1 aromatic heterocycles. The van der Waals surface area contributed by atoms with E-state index >= 15 is 0 Å². The van der Waals surface area contributed by atoms with Gasteiger partial charge in [0.05, 0.1) is 11.8 Å². The predicted molar refractivity (Wildman–Crippen MR) is 120 cm³/mol. The van der Waals surface area contributed by atoms with E-state index in [4.69, 9.17) is 13.9 Å². The Bertz CT molecular complexity index is 1330.